The molecule has 0 bridgehead atoms. The molecule has 25 heavy (non-hydrogen) atoms. The molecule has 1 heterocycles. The molecule has 0 spiro atoms. The van der Waals surface area contributed by atoms with E-state index in [1.807, 2.05) is 0 Å². The normalized spacial score (nSPS) is 11.6. The molecule has 2 aromatic rings. The van der Waals surface area contributed by atoms with E-state index < -0.39 is 15.9 Å². The van der Waals surface area contributed by atoms with Gasteiger partial charge in [0.25, 0.3) is 5.91 Å². The number of sulfonamides is 1. The van der Waals surface area contributed by atoms with Crippen LogP contribution in [0.3, 0.4) is 0 Å². The number of hydrogen-bond acceptors (Lipinski definition) is 4. The van der Waals surface area contributed by atoms with Gasteiger partial charge in [0.2, 0.25) is 10.0 Å². The van der Waals surface area contributed by atoms with Gasteiger partial charge < -0.3 is 5.32 Å². The van der Waals surface area contributed by atoms with Crippen LogP contribution in [0.1, 0.15) is 24.2 Å². The number of benzene rings is 1. The van der Waals surface area contributed by atoms with E-state index in [4.69, 9.17) is 11.6 Å². The SMILES string of the molecule is CCN(CC)S(=O)(=O)c1cc(C(=O)Nc2ccc(Cl)cn2)ccc1Br. The lowest BCUT2D eigenvalue weighted by atomic mass is 10.2. The number of pyridine rings is 1. The lowest BCUT2D eigenvalue weighted by molar-refractivity contribution is 0.102. The predicted octanol–water partition coefficient (Wildman–Crippen LogP) is 3.78. The van der Waals surface area contributed by atoms with Crippen molar-refractivity contribution in [2.75, 3.05) is 18.4 Å². The second-order valence-corrected chi connectivity index (χ2v) is 8.25. The number of amides is 1. The fourth-order valence-electron chi connectivity index (χ4n) is 2.18. The number of nitrogens with zero attached hydrogens (tertiary/aromatic N) is 2. The van der Waals surface area contributed by atoms with Crippen molar-refractivity contribution in [1.29, 1.82) is 0 Å². The van der Waals surface area contributed by atoms with Crippen molar-refractivity contribution in [1.82, 2.24) is 9.29 Å². The molecule has 0 aliphatic rings. The highest BCUT2D eigenvalue weighted by atomic mass is 79.9. The molecule has 0 fully saturated rings. The summed E-state index contributed by atoms with van der Waals surface area (Å²) in [7, 11) is -3.69. The maximum atomic E-state index is 12.7. The van der Waals surface area contributed by atoms with Crippen LogP contribution >= 0.6 is 27.5 Å². The van der Waals surface area contributed by atoms with Gasteiger partial charge in [-0.05, 0) is 46.3 Å². The summed E-state index contributed by atoms with van der Waals surface area (Å²) in [5.74, 6) is -0.135. The van der Waals surface area contributed by atoms with Crippen molar-refractivity contribution in [3.05, 3.63) is 51.6 Å². The molecule has 1 aromatic heterocycles. The second kappa shape index (κ2) is 8.27. The summed E-state index contributed by atoms with van der Waals surface area (Å²) in [5, 5.41) is 3.06. The minimum absolute atomic E-state index is 0.0490. The summed E-state index contributed by atoms with van der Waals surface area (Å²) in [4.78, 5) is 16.4. The van der Waals surface area contributed by atoms with Crippen molar-refractivity contribution >= 4 is 49.3 Å². The van der Waals surface area contributed by atoms with Crippen LogP contribution in [0, 0.1) is 0 Å². The van der Waals surface area contributed by atoms with Crippen molar-refractivity contribution in [3.63, 3.8) is 0 Å². The zero-order chi connectivity index (χ0) is 18.6. The smallest absolute Gasteiger partial charge is 0.256 e. The zero-order valence-electron chi connectivity index (χ0n) is 13.7. The number of anilines is 1. The van der Waals surface area contributed by atoms with Crippen LogP contribution in [-0.2, 0) is 10.0 Å². The predicted molar refractivity (Wildman–Crippen MR) is 101 cm³/mol. The lowest BCUT2D eigenvalue weighted by Gasteiger charge is -2.19. The summed E-state index contributed by atoms with van der Waals surface area (Å²) in [5.41, 5.74) is 0.214. The number of hydrogen-bond donors (Lipinski definition) is 1. The van der Waals surface area contributed by atoms with Gasteiger partial charge in [0, 0.05) is 29.3 Å². The molecular weight excluding hydrogens is 430 g/mol. The van der Waals surface area contributed by atoms with Gasteiger partial charge in [-0.3, -0.25) is 4.79 Å². The Balaban J connectivity index is 2.35. The Labute approximate surface area is 160 Å². The number of carbonyl (C=O) groups excluding carboxylic acids is 1. The Hall–Kier alpha value is -1.48. The van der Waals surface area contributed by atoms with E-state index in [-0.39, 0.29) is 10.5 Å². The van der Waals surface area contributed by atoms with E-state index in [1.165, 1.54) is 22.6 Å². The van der Waals surface area contributed by atoms with Crippen molar-refractivity contribution in [2.45, 2.75) is 18.7 Å². The topological polar surface area (TPSA) is 79.4 Å². The van der Waals surface area contributed by atoms with E-state index in [2.05, 4.69) is 26.2 Å². The van der Waals surface area contributed by atoms with E-state index >= 15 is 0 Å². The average Bonchev–Trinajstić information content (AvgIpc) is 2.58. The largest absolute Gasteiger partial charge is 0.307 e. The molecule has 134 valence electrons. The van der Waals surface area contributed by atoms with Gasteiger partial charge in [-0.15, -0.1) is 0 Å². The average molecular weight is 447 g/mol. The first kappa shape index (κ1) is 19.8. The van der Waals surface area contributed by atoms with Crippen LogP contribution in [0.25, 0.3) is 0 Å². The molecule has 0 aliphatic carbocycles. The Bertz CT molecular complexity index is 869. The van der Waals surface area contributed by atoms with Crippen LogP contribution in [-0.4, -0.2) is 36.7 Å². The number of carbonyl (C=O) groups is 1. The Morgan fingerprint density at radius 2 is 1.92 bits per heavy atom. The molecule has 1 N–H and O–H groups in total. The Morgan fingerprint density at radius 3 is 2.48 bits per heavy atom. The molecule has 1 amide bonds. The fourth-order valence-corrected chi connectivity index (χ4v) is 4.70. The van der Waals surface area contributed by atoms with Gasteiger partial charge in [-0.25, -0.2) is 13.4 Å². The Kier molecular flexibility index (Phi) is 6.56. The molecular formula is C16H17BrClN3O3S. The van der Waals surface area contributed by atoms with Gasteiger partial charge >= 0.3 is 0 Å². The number of aromatic nitrogens is 1. The van der Waals surface area contributed by atoms with Gasteiger partial charge in [0.1, 0.15) is 5.82 Å². The summed E-state index contributed by atoms with van der Waals surface area (Å²) in [6.07, 6.45) is 1.41. The Morgan fingerprint density at radius 1 is 1.24 bits per heavy atom. The van der Waals surface area contributed by atoms with Crippen LogP contribution in [0.4, 0.5) is 5.82 Å². The first-order valence-corrected chi connectivity index (χ1v) is 10.1. The van der Waals surface area contributed by atoms with Crippen LogP contribution in [0.2, 0.25) is 5.02 Å². The van der Waals surface area contributed by atoms with E-state index in [1.54, 1.807) is 32.0 Å². The lowest BCUT2D eigenvalue weighted by Crippen LogP contribution is -2.31. The summed E-state index contributed by atoms with van der Waals surface area (Å²) >= 11 is 9.01. The summed E-state index contributed by atoms with van der Waals surface area (Å²) in [6.45, 7) is 4.21. The highest BCUT2D eigenvalue weighted by molar-refractivity contribution is 9.10. The van der Waals surface area contributed by atoms with Crippen LogP contribution in [0.15, 0.2) is 45.9 Å². The molecule has 0 saturated heterocycles. The first-order valence-electron chi connectivity index (χ1n) is 7.52. The minimum atomic E-state index is -3.69. The first-order chi connectivity index (χ1) is 11.8. The van der Waals surface area contributed by atoms with Gasteiger partial charge in [-0.1, -0.05) is 25.4 Å². The fraction of sp³-hybridized carbons (Fsp3) is 0.250. The highest BCUT2D eigenvalue weighted by Crippen LogP contribution is 2.26. The molecule has 0 atom stereocenters. The summed E-state index contributed by atoms with van der Waals surface area (Å²) < 4.78 is 27.2. The number of rotatable bonds is 6. The molecule has 1 aromatic carbocycles. The quantitative estimate of drug-likeness (QED) is 0.732. The third-order valence-corrected chi connectivity index (χ3v) is 6.75. The van der Waals surface area contributed by atoms with Gasteiger partial charge in [-0.2, -0.15) is 4.31 Å². The molecule has 2 rings (SSSR count). The number of halogens is 2. The molecule has 0 saturated carbocycles. The zero-order valence-corrected chi connectivity index (χ0v) is 16.8. The van der Waals surface area contributed by atoms with Crippen molar-refractivity contribution < 1.29 is 13.2 Å². The van der Waals surface area contributed by atoms with Crippen LogP contribution < -0.4 is 5.32 Å². The molecule has 0 radical (unpaired) electrons. The third-order valence-electron chi connectivity index (χ3n) is 3.49. The minimum Gasteiger partial charge on any atom is -0.307 e. The maximum Gasteiger partial charge on any atom is 0.256 e. The maximum absolute atomic E-state index is 12.7. The van der Waals surface area contributed by atoms with E-state index in [9.17, 15) is 13.2 Å². The highest BCUT2D eigenvalue weighted by Gasteiger charge is 2.25. The van der Waals surface area contributed by atoms with E-state index in [0.717, 1.165) is 0 Å². The van der Waals surface area contributed by atoms with E-state index in [0.29, 0.717) is 28.4 Å². The van der Waals surface area contributed by atoms with Gasteiger partial charge in [0.15, 0.2) is 0 Å². The number of nitrogens with one attached hydrogen (secondary N) is 1. The second-order valence-electron chi connectivity index (χ2n) is 5.05. The third kappa shape index (κ3) is 4.58. The molecule has 0 unspecified atom stereocenters. The van der Waals surface area contributed by atoms with Crippen molar-refractivity contribution in [2.24, 2.45) is 0 Å². The van der Waals surface area contributed by atoms with Crippen LogP contribution in [0.5, 0.6) is 0 Å². The summed E-state index contributed by atoms with van der Waals surface area (Å²) in [6, 6.07) is 7.59. The molecule has 9 heteroatoms. The monoisotopic (exact) mass is 445 g/mol. The molecule has 6 nitrogen and oxygen atoms in total. The standard InChI is InChI=1S/C16H17BrClN3O3S/c1-3-21(4-2)25(23,24)14-9-11(5-7-13(14)17)16(22)20-15-8-6-12(18)10-19-15/h5-10H,3-4H2,1-2H3,(H,19,20,22). The van der Waals surface area contributed by atoms with Crippen molar-refractivity contribution in [3.8, 4) is 0 Å². The molecule has 0 aliphatic heterocycles. The van der Waals surface area contributed by atoms with Gasteiger partial charge in [0.05, 0.1) is 9.92 Å².